The minimum Gasteiger partial charge on any atom is -0.489 e. The Balaban J connectivity index is 1.07. The largest absolute Gasteiger partial charge is 0.489 e. The highest BCUT2D eigenvalue weighted by atomic mass is 16.6. The van der Waals surface area contributed by atoms with Gasteiger partial charge in [-0.05, 0) is 69.7 Å². The lowest BCUT2D eigenvalue weighted by Gasteiger charge is -2.34. The van der Waals surface area contributed by atoms with Crippen LogP contribution in [0.2, 0.25) is 0 Å². The van der Waals surface area contributed by atoms with Crippen molar-refractivity contribution in [2.75, 3.05) is 32.7 Å². The van der Waals surface area contributed by atoms with Gasteiger partial charge in [-0.2, -0.15) is 5.10 Å². The van der Waals surface area contributed by atoms with E-state index in [0.29, 0.717) is 18.4 Å². The van der Waals surface area contributed by atoms with Crippen molar-refractivity contribution in [2.45, 2.75) is 58.3 Å². The van der Waals surface area contributed by atoms with Crippen molar-refractivity contribution in [1.82, 2.24) is 24.6 Å². The van der Waals surface area contributed by atoms with Crippen molar-refractivity contribution in [3.05, 3.63) is 76.6 Å². The van der Waals surface area contributed by atoms with E-state index in [2.05, 4.69) is 9.88 Å². The molecule has 2 fully saturated rings. The van der Waals surface area contributed by atoms with Gasteiger partial charge in [-0.25, -0.2) is 4.79 Å². The monoisotopic (exact) mass is 613 g/mol. The van der Waals surface area contributed by atoms with Crippen LogP contribution in [-0.2, 0) is 18.4 Å². The number of fused-ring (bicyclic) bond motifs is 1. The van der Waals surface area contributed by atoms with E-state index in [1.807, 2.05) is 85.9 Å². The van der Waals surface area contributed by atoms with Gasteiger partial charge in [0.05, 0.1) is 11.1 Å². The van der Waals surface area contributed by atoms with Crippen molar-refractivity contribution in [3.63, 3.8) is 0 Å². The summed E-state index contributed by atoms with van der Waals surface area (Å²) < 4.78 is 19.9. The van der Waals surface area contributed by atoms with Gasteiger partial charge in [-0.15, -0.1) is 0 Å². The number of pyridine rings is 1. The molecule has 10 nitrogen and oxygen atoms in total. The maximum absolute atomic E-state index is 12.4. The highest BCUT2D eigenvalue weighted by Gasteiger charge is 2.30. The van der Waals surface area contributed by atoms with Crippen LogP contribution in [0.15, 0.2) is 65.5 Å². The molecule has 238 valence electrons. The second kappa shape index (κ2) is 13.0. The molecule has 1 amide bonds. The Kier molecular flexibility index (Phi) is 8.85. The smallest absolute Gasteiger partial charge is 0.410 e. The average molecular weight is 614 g/mol. The maximum Gasteiger partial charge on any atom is 0.410 e. The topological polar surface area (TPSA) is 102 Å². The third-order valence-corrected chi connectivity index (χ3v) is 8.50. The number of carbonyl (C=O) groups excluding carboxylic acids is 1. The third kappa shape index (κ3) is 7.50. The van der Waals surface area contributed by atoms with Crippen LogP contribution in [0.5, 0.6) is 11.6 Å². The lowest BCUT2D eigenvalue weighted by molar-refractivity contribution is 0.0172. The van der Waals surface area contributed by atoms with Crippen molar-refractivity contribution in [3.8, 4) is 22.9 Å². The molecule has 4 aromatic rings. The molecule has 2 aromatic carbocycles. The van der Waals surface area contributed by atoms with E-state index in [9.17, 15) is 9.59 Å². The van der Waals surface area contributed by atoms with Gasteiger partial charge < -0.3 is 19.1 Å². The zero-order chi connectivity index (χ0) is 31.6. The normalized spacial score (nSPS) is 18.0. The minimum atomic E-state index is -0.466. The zero-order valence-corrected chi connectivity index (χ0v) is 26.6. The number of ether oxygens (including phenoxy) is 3. The molecular formula is C35H43N5O5. The van der Waals surface area contributed by atoms with Crippen LogP contribution in [0.3, 0.4) is 0 Å². The lowest BCUT2D eigenvalue weighted by Crippen LogP contribution is -2.43. The van der Waals surface area contributed by atoms with Gasteiger partial charge in [0.2, 0.25) is 5.88 Å². The molecular weight excluding hydrogens is 570 g/mol. The molecule has 2 aliphatic rings. The first-order valence-electron chi connectivity index (χ1n) is 15.9. The molecule has 2 saturated heterocycles. The van der Waals surface area contributed by atoms with Gasteiger partial charge in [-0.1, -0.05) is 30.3 Å². The molecule has 1 N–H and O–H groups in total. The van der Waals surface area contributed by atoms with E-state index in [1.165, 1.54) is 6.07 Å². The van der Waals surface area contributed by atoms with E-state index in [1.54, 1.807) is 6.07 Å². The van der Waals surface area contributed by atoms with Gasteiger partial charge in [0, 0.05) is 57.3 Å². The number of hydrogen-bond donors (Lipinski definition) is 1. The molecule has 4 heterocycles. The summed E-state index contributed by atoms with van der Waals surface area (Å²) in [7, 11) is 1.91. The Labute approximate surface area is 263 Å². The van der Waals surface area contributed by atoms with Crippen LogP contribution >= 0.6 is 0 Å². The van der Waals surface area contributed by atoms with Crippen LogP contribution in [0, 0.1) is 5.92 Å². The number of H-pyrrole nitrogens is 1. The summed E-state index contributed by atoms with van der Waals surface area (Å²) in [5, 5.41) is 5.76. The lowest BCUT2D eigenvalue weighted by atomic mass is 9.96. The van der Waals surface area contributed by atoms with Gasteiger partial charge in [0.1, 0.15) is 29.8 Å². The van der Waals surface area contributed by atoms with E-state index in [4.69, 9.17) is 19.3 Å². The summed E-state index contributed by atoms with van der Waals surface area (Å²) in [6.45, 7) is 10.5. The zero-order valence-electron chi connectivity index (χ0n) is 26.6. The number of nitrogens with one attached hydrogen (secondary N) is 1. The average Bonchev–Trinajstić information content (AvgIpc) is 3.59. The Hall–Kier alpha value is -4.31. The second-order valence-corrected chi connectivity index (χ2v) is 13.2. The standard InChI is InChI=1S/C35H43N5O5/c1-35(2,3)45-34(42)40-18-14-24(15-19-40)21-39-17-16-27(22-39)44-26-10-11-28-30(20-26)38(4)37-32(28)29-12-13-31(41)36-33(29)43-23-25-8-6-5-7-9-25/h5-13,20,24,27H,14-19,21-23H2,1-4H3,(H,36,41). The third-order valence-electron chi connectivity index (χ3n) is 8.50. The van der Waals surface area contributed by atoms with Gasteiger partial charge in [0.15, 0.2) is 0 Å². The van der Waals surface area contributed by atoms with Crippen molar-refractivity contribution >= 4 is 17.0 Å². The highest BCUT2D eigenvalue weighted by Crippen LogP contribution is 2.35. The summed E-state index contributed by atoms with van der Waals surface area (Å²) in [6, 6.07) is 19.2. The van der Waals surface area contributed by atoms with Gasteiger partial charge in [0.25, 0.3) is 5.56 Å². The fraction of sp³-hybridized carbons (Fsp3) is 0.457. The Morgan fingerprint density at radius 1 is 1.00 bits per heavy atom. The van der Waals surface area contributed by atoms with Gasteiger partial charge in [-0.3, -0.25) is 19.4 Å². The number of rotatable bonds is 8. The summed E-state index contributed by atoms with van der Waals surface area (Å²) >= 11 is 0. The Bertz CT molecular complexity index is 1680. The SMILES string of the molecule is Cn1nc(-c2ccc(=O)[nH]c2OCc2ccccc2)c2ccc(OC3CCN(CC4CCN(C(=O)OC(C)(C)C)CC4)C3)cc21. The predicted molar refractivity (Wildman–Crippen MR) is 174 cm³/mol. The van der Waals surface area contributed by atoms with Crippen LogP contribution < -0.4 is 15.0 Å². The van der Waals surface area contributed by atoms with Crippen molar-refractivity contribution < 1.29 is 19.0 Å². The van der Waals surface area contributed by atoms with Crippen LogP contribution in [-0.4, -0.2) is 75.1 Å². The van der Waals surface area contributed by atoms with E-state index in [-0.39, 0.29) is 17.8 Å². The number of aryl methyl sites for hydroxylation is 1. The van der Waals surface area contributed by atoms with E-state index in [0.717, 1.165) is 85.5 Å². The van der Waals surface area contributed by atoms with Crippen LogP contribution in [0.4, 0.5) is 4.79 Å². The molecule has 0 bridgehead atoms. The summed E-state index contributed by atoms with van der Waals surface area (Å²) in [5.74, 6) is 1.78. The first-order chi connectivity index (χ1) is 21.6. The molecule has 0 radical (unpaired) electrons. The number of aromatic nitrogens is 3. The molecule has 2 aliphatic heterocycles. The summed E-state index contributed by atoms with van der Waals surface area (Å²) in [5.41, 5.74) is 2.72. The molecule has 45 heavy (non-hydrogen) atoms. The molecule has 10 heteroatoms. The Morgan fingerprint density at radius 2 is 1.78 bits per heavy atom. The van der Waals surface area contributed by atoms with Crippen molar-refractivity contribution in [2.24, 2.45) is 13.0 Å². The van der Waals surface area contributed by atoms with Crippen LogP contribution in [0.1, 0.15) is 45.6 Å². The first-order valence-corrected chi connectivity index (χ1v) is 15.9. The number of amides is 1. The summed E-state index contributed by atoms with van der Waals surface area (Å²) in [6.07, 6.45) is 2.88. The molecule has 6 rings (SSSR count). The highest BCUT2D eigenvalue weighted by molar-refractivity contribution is 5.95. The molecule has 2 aromatic heterocycles. The number of aromatic amines is 1. The summed E-state index contributed by atoms with van der Waals surface area (Å²) in [4.78, 5) is 31.8. The quantitative estimate of drug-likeness (QED) is 0.276. The van der Waals surface area contributed by atoms with Crippen LogP contribution in [0.25, 0.3) is 22.2 Å². The number of hydrogen-bond acceptors (Lipinski definition) is 7. The maximum atomic E-state index is 12.4. The number of benzene rings is 2. The number of likely N-dealkylation sites (tertiary alicyclic amines) is 2. The number of nitrogens with zero attached hydrogens (tertiary/aromatic N) is 4. The van der Waals surface area contributed by atoms with Gasteiger partial charge >= 0.3 is 6.09 Å². The fourth-order valence-electron chi connectivity index (χ4n) is 6.24. The number of piperidine rings is 1. The predicted octanol–water partition coefficient (Wildman–Crippen LogP) is 5.61. The molecule has 0 aliphatic carbocycles. The molecule has 0 saturated carbocycles. The van der Waals surface area contributed by atoms with E-state index < -0.39 is 5.60 Å². The molecule has 0 spiro atoms. The molecule has 1 atom stereocenters. The fourth-order valence-corrected chi connectivity index (χ4v) is 6.24. The van der Waals surface area contributed by atoms with E-state index >= 15 is 0 Å². The second-order valence-electron chi connectivity index (χ2n) is 13.2. The molecule has 1 unspecified atom stereocenters. The van der Waals surface area contributed by atoms with Crippen molar-refractivity contribution in [1.29, 1.82) is 0 Å². The minimum absolute atomic E-state index is 0.120. The first kappa shape index (κ1) is 30.7. The Morgan fingerprint density at radius 3 is 2.53 bits per heavy atom. The number of carbonyl (C=O) groups is 1.